The van der Waals surface area contributed by atoms with Crippen LogP contribution in [0.1, 0.15) is 31.2 Å². The summed E-state index contributed by atoms with van der Waals surface area (Å²) < 4.78 is 1.21. The van der Waals surface area contributed by atoms with Crippen molar-refractivity contribution in [2.75, 3.05) is 25.5 Å². The molecule has 3 rings (SSSR count). The van der Waals surface area contributed by atoms with E-state index in [4.69, 9.17) is 0 Å². The van der Waals surface area contributed by atoms with E-state index in [2.05, 4.69) is 51.4 Å². The standard InChI is InChI=1S/C17H25BrN2/c1-19-10-14-5-6-16(9-17(14)18)20(2)11-15-8-12-3-4-13(15)7-12/h5-6,9,12-13,15,19H,3-4,7-8,10-11H2,1-2H3. The van der Waals surface area contributed by atoms with E-state index >= 15 is 0 Å². The molecule has 0 heterocycles. The van der Waals surface area contributed by atoms with Gasteiger partial charge in [0, 0.05) is 30.3 Å². The normalized spacial score (nSPS) is 28.1. The third-order valence-electron chi connectivity index (χ3n) is 5.24. The summed E-state index contributed by atoms with van der Waals surface area (Å²) in [5.74, 6) is 2.98. The fourth-order valence-electron chi connectivity index (χ4n) is 4.16. The maximum atomic E-state index is 3.70. The van der Waals surface area contributed by atoms with E-state index in [9.17, 15) is 0 Å². The van der Waals surface area contributed by atoms with Crippen molar-refractivity contribution < 1.29 is 0 Å². The van der Waals surface area contributed by atoms with Gasteiger partial charge in [0.05, 0.1) is 0 Å². The van der Waals surface area contributed by atoms with Crippen molar-refractivity contribution in [3.63, 3.8) is 0 Å². The van der Waals surface area contributed by atoms with Gasteiger partial charge >= 0.3 is 0 Å². The number of benzene rings is 1. The number of anilines is 1. The first-order valence-electron chi connectivity index (χ1n) is 7.81. The molecule has 2 aliphatic carbocycles. The van der Waals surface area contributed by atoms with E-state index in [1.807, 2.05) is 7.05 Å². The minimum Gasteiger partial charge on any atom is -0.374 e. The van der Waals surface area contributed by atoms with Crippen LogP contribution in [-0.4, -0.2) is 20.6 Å². The van der Waals surface area contributed by atoms with Crippen LogP contribution < -0.4 is 10.2 Å². The summed E-state index contributed by atoms with van der Waals surface area (Å²) in [6, 6.07) is 6.75. The fraction of sp³-hybridized carbons (Fsp3) is 0.647. The van der Waals surface area contributed by atoms with E-state index in [0.717, 1.165) is 24.3 Å². The molecular weight excluding hydrogens is 312 g/mol. The van der Waals surface area contributed by atoms with E-state index in [1.165, 1.54) is 48.0 Å². The lowest BCUT2D eigenvalue weighted by molar-refractivity contribution is 0.337. The zero-order valence-corrected chi connectivity index (χ0v) is 14.1. The largest absolute Gasteiger partial charge is 0.374 e. The molecule has 0 aliphatic heterocycles. The summed E-state index contributed by atoms with van der Waals surface area (Å²) >= 11 is 3.70. The average Bonchev–Trinajstić information content (AvgIpc) is 3.03. The van der Waals surface area contributed by atoms with E-state index in [1.54, 1.807) is 0 Å². The lowest BCUT2D eigenvalue weighted by Gasteiger charge is -2.29. The summed E-state index contributed by atoms with van der Waals surface area (Å²) in [5.41, 5.74) is 2.66. The lowest BCUT2D eigenvalue weighted by atomic mass is 9.88. The topological polar surface area (TPSA) is 15.3 Å². The van der Waals surface area contributed by atoms with Crippen molar-refractivity contribution in [2.45, 2.75) is 32.2 Å². The fourth-order valence-corrected chi connectivity index (χ4v) is 4.67. The van der Waals surface area contributed by atoms with Crippen LogP contribution >= 0.6 is 15.9 Å². The number of fused-ring (bicyclic) bond motifs is 2. The Morgan fingerprint density at radius 1 is 1.30 bits per heavy atom. The minimum atomic E-state index is 0.914. The Kier molecular flexibility index (Phi) is 4.37. The highest BCUT2D eigenvalue weighted by Crippen LogP contribution is 2.48. The van der Waals surface area contributed by atoms with Gasteiger partial charge in [0.2, 0.25) is 0 Å². The summed E-state index contributed by atoms with van der Waals surface area (Å²) in [6.45, 7) is 2.13. The Hall–Kier alpha value is -0.540. The van der Waals surface area contributed by atoms with Gasteiger partial charge in [-0.1, -0.05) is 28.4 Å². The van der Waals surface area contributed by atoms with E-state index < -0.39 is 0 Å². The zero-order chi connectivity index (χ0) is 14.1. The maximum absolute atomic E-state index is 3.70. The van der Waals surface area contributed by atoms with Crippen LogP contribution in [0.5, 0.6) is 0 Å². The van der Waals surface area contributed by atoms with Crippen LogP contribution in [0.15, 0.2) is 22.7 Å². The molecule has 2 nitrogen and oxygen atoms in total. The number of halogens is 1. The Labute approximate surface area is 131 Å². The molecule has 20 heavy (non-hydrogen) atoms. The van der Waals surface area contributed by atoms with Gasteiger partial charge in [-0.3, -0.25) is 0 Å². The molecule has 3 heteroatoms. The summed E-state index contributed by atoms with van der Waals surface area (Å²) in [6.07, 6.45) is 5.94. The van der Waals surface area contributed by atoms with Gasteiger partial charge in [-0.05, 0) is 61.8 Å². The number of rotatable bonds is 5. The van der Waals surface area contributed by atoms with Crippen LogP contribution in [0.25, 0.3) is 0 Å². The molecule has 1 aromatic rings. The first-order valence-corrected chi connectivity index (χ1v) is 8.61. The molecular formula is C17H25BrN2. The highest BCUT2D eigenvalue weighted by Gasteiger charge is 2.39. The summed E-state index contributed by atoms with van der Waals surface area (Å²) in [4.78, 5) is 2.44. The molecule has 1 aromatic carbocycles. The highest BCUT2D eigenvalue weighted by molar-refractivity contribution is 9.10. The molecule has 2 fully saturated rings. The Morgan fingerprint density at radius 2 is 2.15 bits per heavy atom. The zero-order valence-electron chi connectivity index (χ0n) is 12.5. The summed E-state index contributed by atoms with van der Waals surface area (Å²) in [7, 11) is 4.23. The minimum absolute atomic E-state index is 0.914. The van der Waals surface area contributed by atoms with Crippen molar-refractivity contribution in [3.05, 3.63) is 28.2 Å². The molecule has 2 aliphatic rings. The molecule has 2 saturated carbocycles. The predicted molar refractivity (Wildman–Crippen MR) is 89.1 cm³/mol. The number of hydrogen-bond acceptors (Lipinski definition) is 2. The van der Waals surface area contributed by atoms with Gasteiger partial charge < -0.3 is 10.2 Å². The lowest BCUT2D eigenvalue weighted by Crippen LogP contribution is -2.28. The third kappa shape index (κ3) is 2.89. The highest BCUT2D eigenvalue weighted by atomic mass is 79.9. The summed E-state index contributed by atoms with van der Waals surface area (Å²) in [5, 5.41) is 3.21. The van der Waals surface area contributed by atoms with E-state index in [0.29, 0.717) is 0 Å². The molecule has 0 spiro atoms. The van der Waals surface area contributed by atoms with Gasteiger partial charge in [-0.25, -0.2) is 0 Å². The molecule has 0 saturated heterocycles. The molecule has 0 aromatic heterocycles. The number of nitrogens with one attached hydrogen (secondary N) is 1. The second-order valence-electron chi connectivity index (χ2n) is 6.62. The predicted octanol–water partition coefficient (Wildman–Crippen LogP) is 4.04. The number of hydrogen-bond donors (Lipinski definition) is 1. The van der Waals surface area contributed by atoms with Crippen molar-refractivity contribution in [1.82, 2.24) is 5.32 Å². The molecule has 1 N–H and O–H groups in total. The molecule has 0 radical (unpaired) electrons. The van der Waals surface area contributed by atoms with Gasteiger partial charge in [0.25, 0.3) is 0 Å². The first kappa shape index (κ1) is 14.4. The monoisotopic (exact) mass is 336 g/mol. The van der Waals surface area contributed by atoms with Crippen molar-refractivity contribution in [2.24, 2.45) is 17.8 Å². The van der Waals surface area contributed by atoms with Crippen molar-refractivity contribution in [1.29, 1.82) is 0 Å². The van der Waals surface area contributed by atoms with Gasteiger partial charge in [-0.2, -0.15) is 0 Å². The SMILES string of the molecule is CNCc1ccc(N(C)CC2CC3CCC2C3)cc1Br. The molecule has 3 unspecified atom stereocenters. The molecule has 3 atom stereocenters. The van der Waals surface area contributed by atoms with Crippen molar-refractivity contribution >= 4 is 21.6 Å². The second kappa shape index (κ2) is 6.07. The van der Waals surface area contributed by atoms with Gasteiger partial charge in [0.15, 0.2) is 0 Å². The van der Waals surface area contributed by atoms with Gasteiger partial charge in [-0.15, -0.1) is 0 Å². The molecule has 2 bridgehead atoms. The maximum Gasteiger partial charge on any atom is 0.0375 e. The van der Waals surface area contributed by atoms with E-state index in [-0.39, 0.29) is 0 Å². The Bertz CT molecular complexity index is 474. The first-order chi connectivity index (χ1) is 9.67. The second-order valence-corrected chi connectivity index (χ2v) is 7.48. The van der Waals surface area contributed by atoms with Crippen LogP contribution in [0.4, 0.5) is 5.69 Å². The smallest absolute Gasteiger partial charge is 0.0375 e. The van der Waals surface area contributed by atoms with Crippen LogP contribution in [0.2, 0.25) is 0 Å². The quantitative estimate of drug-likeness (QED) is 0.872. The Morgan fingerprint density at radius 3 is 2.75 bits per heavy atom. The van der Waals surface area contributed by atoms with Crippen LogP contribution in [0.3, 0.4) is 0 Å². The Balaban J connectivity index is 1.65. The molecule has 110 valence electrons. The molecule has 0 amide bonds. The van der Waals surface area contributed by atoms with Crippen molar-refractivity contribution in [3.8, 4) is 0 Å². The van der Waals surface area contributed by atoms with Crippen LogP contribution in [-0.2, 0) is 6.54 Å². The number of nitrogens with zero attached hydrogens (tertiary/aromatic N) is 1. The average molecular weight is 337 g/mol. The van der Waals surface area contributed by atoms with Crippen LogP contribution in [0, 0.1) is 17.8 Å². The van der Waals surface area contributed by atoms with Gasteiger partial charge in [0.1, 0.15) is 0 Å². The third-order valence-corrected chi connectivity index (χ3v) is 5.98.